The van der Waals surface area contributed by atoms with E-state index in [4.69, 9.17) is 0 Å². The molecule has 2 bridgehead atoms. The van der Waals surface area contributed by atoms with Crippen LogP contribution in [0.25, 0.3) is 0 Å². The Morgan fingerprint density at radius 1 is 1.25 bits per heavy atom. The molecule has 20 heavy (non-hydrogen) atoms. The molecule has 0 aromatic heterocycles. The molecule has 3 aliphatic rings. The molecule has 0 spiro atoms. The number of nitrogens with zero attached hydrogens (tertiary/aromatic N) is 1. The van der Waals surface area contributed by atoms with Gasteiger partial charge in [0, 0.05) is 12.1 Å². The Kier molecular flexibility index (Phi) is 3.85. The van der Waals surface area contributed by atoms with Gasteiger partial charge in [-0.1, -0.05) is 44.0 Å². The summed E-state index contributed by atoms with van der Waals surface area (Å²) in [6.07, 6.45) is 8.40. The van der Waals surface area contributed by atoms with E-state index < -0.39 is 0 Å². The van der Waals surface area contributed by atoms with Crippen molar-refractivity contribution in [3.05, 3.63) is 35.4 Å². The Morgan fingerprint density at radius 2 is 2.10 bits per heavy atom. The second-order valence-electron chi connectivity index (χ2n) is 6.84. The SMILES string of the molecule is CCCN1CC2Cc3ccccc3C13CCCCC23.Cl. The van der Waals surface area contributed by atoms with E-state index in [1.807, 2.05) is 0 Å². The third kappa shape index (κ3) is 1.79. The zero-order valence-electron chi connectivity index (χ0n) is 12.5. The van der Waals surface area contributed by atoms with Crippen molar-refractivity contribution in [2.24, 2.45) is 11.8 Å². The van der Waals surface area contributed by atoms with Crippen LogP contribution >= 0.6 is 12.4 Å². The zero-order chi connectivity index (χ0) is 12.9. The molecule has 2 aliphatic carbocycles. The molecule has 0 radical (unpaired) electrons. The minimum Gasteiger partial charge on any atom is -0.293 e. The monoisotopic (exact) mass is 291 g/mol. The van der Waals surface area contributed by atoms with Crippen LogP contribution in [-0.4, -0.2) is 18.0 Å². The van der Waals surface area contributed by atoms with Gasteiger partial charge in [0.05, 0.1) is 0 Å². The van der Waals surface area contributed by atoms with Gasteiger partial charge >= 0.3 is 0 Å². The Hall–Kier alpha value is -0.530. The third-order valence-corrected chi connectivity index (χ3v) is 5.98. The molecule has 1 saturated carbocycles. The summed E-state index contributed by atoms with van der Waals surface area (Å²) in [7, 11) is 0. The van der Waals surface area contributed by atoms with Gasteiger partial charge in [0.2, 0.25) is 0 Å². The highest BCUT2D eigenvalue weighted by Crippen LogP contribution is 2.58. The highest BCUT2D eigenvalue weighted by Gasteiger charge is 2.57. The van der Waals surface area contributed by atoms with Gasteiger partial charge in [-0.05, 0) is 55.2 Å². The molecular weight excluding hydrogens is 266 g/mol. The normalized spacial score (nSPS) is 35.0. The maximum Gasteiger partial charge on any atom is 0.0494 e. The fraction of sp³-hybridized carbons (Fsp3) is 0.667. The Balaban J connectivity index is 0.00000121. The maximum absolute atomic E-state index is 2.87. The molecule has 1 aliphatic heterocycles. The van der Waals surface area contributed by atoms with Gasteiger partial charge in [0.1, 0.15) is 0 Å². The van der Waals surface area contributed by atoms with E-state index in [-0.39, 0.29) is 12.4 Å². The van der Waals surface area contributed by atoms with Crippen LogP contribution in [0.5, 0.6) is 0 Å². The quantitative estimate of drug-likeness (QED) is 0.781. The van der Waals surface area contributed by atoms with Crippen LogP contribution in [0.2, 0.25) is 0 Å². The molecule has 1 aromatic carbocycles. The first-order valence-electron chi connectivity index (χ1n) is 8.19. The van der Waals surface area contributed by atoms with Gasteiger partial charge in [0.15, 0.2) is 0 Å². The predicted molar refractivity (Wildman–Crippen MR) is 86.4 cm³/mol. The van der Waals surface area contributed by atoms with Gasteiger partial charge < -0.3 is 0 Å². The first kappa shape index (κ1) is 14.4. The van der Waals surface area contributed by atoms with Gasteiger partial charge in [0.25, 0.3) is 0 Å². The number of halogens is 1. The largest absolute Gasteiger partial charge is 0.293 e. The average molecular weight is 292 g/mol. The molecule has 1 nitrogen and oxygen atoms in total. The van der Waals surface area contributed by atoms with Crippen LogP contribution < -0.4 is 0 Å². The molecule has 1 saturated heterocycles. The average Bonchev–Trinajstić information content (AvgIpc) is 2.69. The molecule has 1 heterocycles. The summed E-state index contributed by atoms with van der Waals surface area (Å²) in [5.41, 5.74) is 3.78. The van der Waals surface area contributed by atoms with Crippen molar-refractivity contribution in [1.29, 1.82) is 0 Å². The van der Waals surface area contributed by atoms with Crippen molar-refractivity contribution in [3.8, 4) is 0 Å². The minimum absolute atomic E-state index is 0. The molecule has 1 aromatic rings. The first-order chi connectivity index (χ1) is 9.36. The van der Waals surface area contributed by atoms with Crippen molar-refractivity contribution in [2.45, 2.75) is 51.0 Å². The number of benzene rings is 1. The summed E-state index contributed by atoms with van der Waals surface area (Å²) in [6, 6.07) is 9.34. The molecule has 2 heteroatoms. The summed E-state index contributed by atoms with van der Waals surface area (Å²) < 4.78 is 0. The number of hydrogen-bond acceptors (Lipinski definition) is 1. The van der Waals surface area contributed by atoms with Crippen molar-refractivity contribution in [2.75, 3.05) is 13.1 Å². The van der Waals surface area contributed by atoms with Crippen LogP contribution in [0.1, 0.15) is 50.2 Å². The number of likely N-dealkylation sites (tertiary alicyclic amines) is 1. The highest BCUT2D eigenvalue weighted by molar-refractivity contribution is 5.85. The van der Waals surface area contributed by atoms with Crippen LogP contribution in [0.4, 0.5) is 0 Å². The fourth-order valence-electron chi connectivity index (χ4n) is 5.45. The van der Waals surface area contributed by atoms with Gasteiger partial charge in [-0.25, -0.2) is 0 Å². The summed E-state index contributed by atoms with van der Waals surface area (Å²) in [4.78, 5) is 2.87. The van der Waals surface area contributed by atoms with E-state index in [0.717, 1.165) is 11.8 Å². The topological polar surface area (TPSA) is 3.24 Å². The van der Waals surface area contributed by atoms with E-state index in [9.17, 15) is 0 Å². The number of hydrogen-bond donors (Lipinski definition) is 0. The fourth-order valence-corrected chi connectivity index (χ4v) is 5.45. The van der Waals surface area contributed by atoms with Gasteiger partial charge in [-0.2, -0.15) is 0 Å². The molecule has 2 fully saturated rings. The zero-order valence-corrected chi connectivity index (χ0v) is 13.3. The third-order valence-electron chi connectivity index (χ3n) is 5.98. The molecule has 0 N–H and O–H groups in total. The second kappa shape index (κ2) is 5.35. The number of fused-ring (bicyclic) bond motifs is 1. The van der Waals surface area contributed by atoms with Crippen molar-refractivity contribution in [3.63, 3.8) is 0 Å². The van der Waals surface area contributed by atoms with E-state index in [1.165, 1.54) is 51.6 Å². The van der Waals surface area contributed by atoms with Gasteiger partial charge in [-0.15, -0.1) is 12.4 Å². The Labute approximate surface area is 129 Å². The van der Waals surface area contributed by atoms with E-state index in [2.05, 4.69) is 36.1 Å². The van der Waals surface area contributed by atoms with E-state index in [1.54, 1.807) is 11.1 Å². The molecule has 4 rings (SSSR count). The van der Waals surface area contributed by atoms with E-state index >= 15 is 0 Å². The molecule has 110 valence electrons. The Morgan fingerprint density at radius 3 is 2.95 bits per heavy atom. The lowest BCUT2D eigenvalue weighted by Crippen LogP contribution is -2.49. The Bertz CT molecular complexity index is 486. The summed E-state index contributed by atoms with van der Waals surface area (Å²) in [5, 5.41) is 0. The van der Waals surface area contributed by atoms with E-state index in [0.29, 0.717) is 5.54 Å². The first-order valence-corrected chi connectivity index (χ1v) is 8.19. The smallest absolute Gasteiger partial charge is 0.0494 e. The minimum atomic E-state index is 0. The second-order valence-corrected chi connectivity index (χ2v) is 6.84. The standard InChI is InChI=1S/C18H25N.ClH/c1-2-11-19-13-15-12-14-7-3-4-8-16(14)18(19)10-6-5-9-17(15)18;/h3-4,7-8,15,17H,2,5-6,9-13H2,1H3;1H. The lowest BCUT2D eigenvalue weighted by atomic mass is 9.61. The van der Waals surface area contributed by atoms with Crippen molar-refractivity contribution >= 4 is 12.4 Å². The molecule has 3 atom stereocenters. The van der Waals surface area contributed by atoms with Gasteiger partial charge in [-0.3, -0.25) is 4.90 Å². The van der Waals surface area contributed by atoms with Crippen molar-refractivity contribution < 1.29 is 0 Å². The maximum atomic E-state index is 2.87. The molecule has 0 amide bonds. The predicted octanol–water partition coefficient (Wildman–Crippen LogP) is 4.39. The lowest BCUT2D eigenvalue weighted by Gasteiger charge is -2.49. The van der Waals surface area contributed by atoms with Crippen molar-refractivity contribution in [1.82, 2.24) is 4.90 Å². The lowest BCUT2D eigenvalue weighted by molar-refractivity contribution is 0.0504. The molecule has 3 unspecified atom stereocenters. The summed E-state index contributed by atoms with van der Waals surface area (Å²) in [6.45, 7) is 4.98. The molecular formula is C18H26ClN. The van der Waals surface area contributed by atoms with Crippen LogP contribution in [0.3, 0.4) is 0 Å². The van der Waals surface area contributed by atoms with Crippen LogP contribution in [-0.2, 0) is 12.0 Å². The van der Waals surface area contributed by atoms with Crippen LogP contribution in [0.15, 0.2) is 24.3 Å². The number of rotatable bonds is 2. The highest BCUT2D eigenvalue weighted by atomic mass is 35.5. The summed E-state index contributed by atoms with van der Waals surface area (Å²) in [5.74, 6) is 1.88. The van der Waals surface area contributed by atoms with Crippen LogP contribution in [0, 0.1) is 11.8 Å². The summed E-state index contributed by atoms with van der Waals surface area (Å²) >= 11 is 0.